The lowest BCUT2D eigenvalue weighted by Crippen LogP contribution is -2.70. The van der Waals surface area contributed by atoms with E-state index in [0.717, 1.165) is 5.56 Å². The molecule has 1 N–H and O–H groups in total. The topological polar surface area (TPSA) is 94.2 Å². The Kier molecular flexibility index (Phi) is 7.26. The number of nitrogens with zero attached hydrogens (tertiary/aromatic N) is 1. The maximum Gasteiger partial charge on any atom is 0.408 e. The molecule has 1 heterocycles. The zero-order chi connectivity index (χ0) is 22.2. The van der Waals surface area contributed by atoms with E-state index in [1.807, 2.05) is 30.3 Å². The highest BCUT2D eigenvalue weighted by Crippen LogP contribution is 2.30. The summed E-state index contributed by atoms with van der Waals surface area (Å²) in [6.07, 6.45) is 2.07. The molecule has 0 unspecified atom stereocenters. The van der Waals surface area contributed by atoms with Crippen molar-refractivity contribution in [1.82, 2.24) is 5.32 Å². The van der Waals surface area contributed by atoms with E-state index >= 15 is 0 Å². The van der Waals surface area contributed by atoms with Crippen LogP contribution in [-0.2, 0) is 25.7 Å². The smallest absolute Gasteiger partial charge is 0.408 e. The van der Waals surface area contributed by atoms with Crippen LogP contribution in [0.5, 0.6) is 5.75 Å². The van der Waals surface area contributed by atoms with Gasteiger partial charge in [-0.15, -0.1) is 0 Å². The number of nitrogens with one attached hydrogen (secondary N) is 1. The molecule has 162 valence electrons. The highest BCUT2D eigenvalue weighted by molar-refractivity contribution is 6.07. The largest absolute Gasteiger partial charge is 0.497 e. The Hall–Kier alpha value is -3.81. The van der Waals surface area contributed by atoms with Crippen LogP contribution in [-0.4, -0.2) is 43.8 Å². The molecule has 3 rings (SSSR count). The van der Waals surface area contributed by atoms with Gasteiger partial charge in [-0.05, 0) is 36.8 Å². The van der Waals surface area contributed by atoms with E-state index in [9.17, 15) is 14.4 Å². The van der Waals surface area contributed by atoms with Gasteiger partial charge in [0.1, 0.15) is 18.4 Å². The van der Waals surface area contributed by atoms with Crippen molar-refractivity contribution in [3.63, 3.8) is 0 Å². The van der Waals surface area contributed by atoms with Crippen LogP contribution in [0.1, 0.15) is 12.5 Å². The van der Waals surface area contributed by atoms with Crippen molar-refractivity contribution in [3.8, 4) is 5.75 Å². The normalized spacial score (nSPS) is 17.7. The van der Waals surface area contributed by atoms with Gasteiger partial charge in [0.2, 0.25) is 0 Å². The summed E-state index contributed by atoms with van der Waals surface area (Å²) in [7, 11) is 1.55. The zero-order valence-corrected chi connectivity index (χ0v) is 17.3. The summed E-state index contributed by atoms with van der Waals surface area (Å²) < 4.78 is 15.3. The molecule has 2 aromatic rings. The second-order valence-corrected chi connectivity index (χ2v) is 6.69. The van der Waals surface area contributed by atoms with E-state index < -0.39 is 24.1 Å². The van der Waals surface area contributed by atoms with Crippen LogP contribution in [0, 0.1) is 0 Å². The minimum Gasteiger partial charge on any atom is -0.497 e. The fraction of sp³-hybridized carbons (Fsp3) is 0.261. The first-order valence-electron chi connectivity index (χ1n) is 9.82. The van der Waals surface area contributed by atoms with Gasteiger partial charge in [0.25, 0.3) is 5.91 Å². The minimum atomic E-state index is -0.865. The van der Waals surface area contributed by atoms with E-state index in [1.165, 1.54) is 17.1 Å². The van der Waals surface area contributed by atoms with E-state index in [2.05, 4.69) is 5.32 Å². The van der Waals surface area contributed by atoms with Gasteiger partial charge in [0.05, 0.1) is 19.8 Å². The molecule has 0 aliphatic carbocycles. The van der Waals surface area contributed by atoms with Crippen molar-refractivity contribution in [2.24, 2.45) is 0 Å². The number of hydrogen-bond acceptors (Lipinski definition) is 6. The maximum absolute atomic E-state index is 12.8. The van der Waals surface area contributed by atoms with Gasteiger partial charge in [-0.25, -0.2) is 9.59 Å². The molecule has 1 fully saturated rings. The molecule has 8 nitrogen and oxygen atoms in total. The first-order valence-corrected chi connectivity index (χ1v) is 9.82. The van der Waals surface area contributed by atoms with Crippen LogP contribution in [0.25, 0.3) is 0 Å². The van der Waals surface area contributed by atoms with Crippen molar-refractivity contribution in [3.05, 3.63) is 72.3 Å². The van der Waals surface area contributed by atoms with Crippen LogP contribution < -0.4 is 15.0 Å². The average Bonchev–Trinajstić information content (AvgIpc) is 2.79. The van der Waals surface area contributed by atoms with Crippen molar-refractivity contribution in [2.45, 2.75) is 25.6 Å². The SMILES string of the molecule is CCOC(=O)/C=C/[C@@H]1[C@H](NC(=O)OCc2ccccc2)C(=O)N1c1ccc(OC)cc1. The maximum atomic E-state index is 12.8. The van der Waals surface area contributed by atoms with Crippen molar-refractivity contribution < 1.29 is 28.6 Å². The standard InChI is InChI=1S/C23H24N2O6/c1-3-30-20(26)14-13-19-21(24-23(28)31-15-16-7-5-4-6-8-16)22(27)25(19)17-9-11-18(29-2)12-10-17/h4-14,19,21H,3,15H2,1-2H3,(H,24,28)/b14-13+/t19-,21+/m1/s1. The molecule has 31 heavy (non-hydrogen) atoms. The number of hydrogen-bond donors (Lipinski definition) is 1. The molecule has 2 aromatic carbocycles. The van der Waals surface area contributed by atoms with Gasteiger partial charge in [0.15, 0.2) is 0 Å². The Morgan fingerprint density at radius 1 is 1.06 bits per heavy atom. The monoisotopic (exact) mass is 424 g/mol. The van der Waals surface area contributed by atoms with Gasteiger partial charge in [-0.2, -0.15) is 0 Å². The number of alkyl carbamates (subject to hydrolysis) is 1. The summed E-state index contributed by atoms with van der Waals surface area (Å²) in [6.45, 7) is 2.02. The number of methoxy groups -OCH3 is 1. The molecular formula is C23H24N2O6. The summed E-state index contributed by atoms with van der Waals surface area (Å²) in [5, 5.41) is 2.58. The predicted molar refractivity (Wildman–Crippen MR) is 114 cm³/mol. The highest BCUT2D eigenvalue weighted by Gasteiger charge is 2.48. The molecular weight excluding hydrogens is 400 g/mol. The van der Waals surface area contributed by atoms with E-state index in [4.69, 9.17) is 14.2 Å². The van der Waals surface area contributed by atoms with Crippen molar-refractivity contribution in [1.29, 1.82) is 0 Å². The van der Waals surface area contributed by atoms with Gasteiger partial charge in [-0.3, -0.25) is 4.79 Å². The second-order valence-electron chi connectivity index (χ2n) is 6.69. The molecule has 2 amide bonds. The van der Waals surface area contributed by atoms with Gasteiger partial charge >= 0.3 is 12.1 Å². The van der Waals surface area contributed by atoms with Crippen LogP contribution in [0.2, 0.25) is 0 Å². The molecule has 0 spiro atoms. The summed E-state index contributed by atoms with van der Waals surface area (Å²) in [5.41, 5.74) is 1.44. The Morgan fingerprint density at radius 2 is 1.77 bits per heavy atom. The Labute approximate surface area is 180 Å². The molecule has 2 atom stereocenters. The van der Waals surface area contributed by atoms with E-state index in [0.29, 0.717) is 11.4 Å². The van der Waals surface area contributed by atoms with E-state index in [1.54, 1.807) is 38.3 Å². The third-order valence-corrected chi connectivity index (χ3v) is 4.70. The quantitative estimate of drug-likeness (QED) is 0.398. The van der Waals surface area contributed by atoms with Crippen molar-refractivity contribution in [2.75, 3.05) is 18.6 Å². The number of carbonyl (C=O) groups excluding carboxylic acids is 3. The third-order valence-electron chi connectivity index (χ3n) is 4.70. The Bertz CT molecular complexity index is 942. The summed E-state index contributed by atoms with van der Waals surface area (Å²) in [6, 6.07) is 14.7. The van der Waals surface area contributed by atoms with Crippen molar-refractivity contribution >= 4 is 23.7 Å². The van der Waals surface area contributed by atoms with E-state index in [-0.39, 0.29) is 19.1 Å². The molecule has 8 heteroatoms. The number of benzene rings is 2. The van der Waals surface area contributed by atoms with Gasteiger partial charge in [-0.1, -0.05) is 36.4 Å². The number of β-lactam (4-membered cyclic amide) rings is 1. The number of amides is 2. The first-order chi connectivity index (χ1) is 15.0. The second kappa shape index (κ2) is 10.3. The molecule has 0 bridgehead atoms. The highest BCUT2D eigenvalue weighted by atomic mass is 16.5. The lowest BCUT2D eigenvalue weighted by Gasteiger charge is -2.45. The lowest BCUT2D eigenvalue weighted by atomic mass is 9.93. The number of ether oxygens (including phenoxy) is 3. The number of rotatable bonds is 8. The van der Waals surface area contributed by atoms with Gasteiger partial charge < -0.3 is 24.4 Å². The Balaban J connectivity index is 1.70. The predicted octanol–water partition coefficient (Wildman–Crippen LogP) is 2.82. The Morgan fingerprint density at radius 3 is 2.42 bits per heavy atom. The summed E-state index contributed by atoms with van der Waals surface area (Å²) in [4.78, 5) is 38.2. The van der Waals surface area contributed by atoms with Crippen LogP contribution in [0.4, 0.5) is 10.5 Å². The molecule has 0 radical (unpaired) electrons. The molecule has 0 saturated carbocycles. The molecule has 1 aliphatic rings. The lowest BCUT2D eigenvalue weighted by molar-refractivity contribution is -0.137. The fourth-order valence-electron chi connectivity index (χ4n) is 3.16. The first kappa shape index (κ1) is 21.9. The summed E-state index contributed by atoms with van der Waals surface area (Å²) in [5.74, 6) is -0.197. The molecule has 0 aromatic heterocycles. The molecule has 1 aliphatic heterocycles. The van der Waals surface area contributed by atoms with Gasteiger partial charge in [0, 0.05) is 11.8 Å². The summed E-state index contributed by atoms with van der Waals surface area (Å²) >= 11 is 0. The fourth-order valence-corrected chi connectivity index (χ4v) is 3.16. The number of carbonyl (C=O) groups is 3. The number of anilines is 1. The minimum absolute atomic E-state index is 0.0825. The van der Waals surface area contributed by atoms with Crippen LogP contribution >= 0.6 is 0 Å². The number of esters is 1. The van der Waals surface area contributed by atoms with Crippen LogP contribution in [0.15, 0.2) is 66.7 Å². The average molecular weight is 424 g/mol. The third kappa shape index (κ3) is 5.42. The van der Waals surface area contributed by atoms with Crippen LogP contribution in [0.3, 0.4) is 0 Å². The molecule has 1 saturated heterocycles. The zero-order valence-electron chi connectivity index (χ0n) is 17.3.